The molecule has 0 saturated carbocycles. The Hall–Kier alpha value is -1.59. The first-order valence-corrected chi connectivity index (χ1v) is 5.50. The summed E-state index contributed by atoms with van der Waals surface area (Å²) >= 11 is 5.94. The number of halogens is 1. The summed E-state index contributed by atoms with van der Waals surface area (Å²) in [7, 11) is 1.51. The smallest absolute Gasteiger partial charge is 0.266 e. The second-order valence-electron chi connectivity index (χ2n) is 3.48. The minimum atomic E-state index is -0.233. The van der Waals surface area contributed by atoms with Gasteiger partial charge in [0.1, 0.15) is 11.1 Å². The van der Waals surface area contributed by atoms with Gasteiger partial charge in [0, 0.05) is 13.1 Å². The lowest BCUT2D eigenvalue weighted by atomic mass is 10.2. The van der Waals surface area contributed by atoms with Gasteiger partial charge in [0.05, 0.1) is 12.6 Å². The van der Waals surface area contributed by atoms with E-state index in [1.165, 1.54) is 11.7 Å². The summed E-state index contributed by atoms with van der Waals surface area (Å²) in [5, 5.41) is 0.564. The monoisotopic (exact) mass is 253 g/mol. The van der Waals surface area contributed by atoms with Crippen molar-refractivity contribution in [2.24, 2.45) is 5.73 Å². The molecule has 2 aromatic rings. The largest absolute Gasteiger partial charge is 0.496 e. The van der Waals surface area contributed by atoms with Gasteiger partial charge in [-0.25, -0.2) is 4.98 Å². The van der Waals surface area contributed by atoms with Crippen LogP contribution in [-0.4, -0.2) is 23.2 Å². The number of rotatable bonds is 3. The molecule has 0 radical (unpaired) electrons. The number of nitrogens with zero attached hydrogens (tertiary/aromatic N) is 2. The Labute approximate surface area is 103 Å². The zero-order chi connectivity index (χ0) is 12.4. The summed E-state index contributed by atoms with van der Waals surface area (Å²) in [6.45, 7) is 0.653. The molecule has 6 heteroatoms. The summed E-state index contributed by atoms with van der Waals surface area (Å²) in [4.78, 5) is 16.4. The molecule has 2 rings (SSSR count). The van der Waals surface area contributed by atoms with Crippen molar-refractivity contribution in [2.75, 3.05) is 13.7 Å². The number of hydrogen-bond acceptors (Lipinski definition) is 4. The molecular formula is C11H12ClN3O2. The minimum absolute atomic E-state index is 0.140. The molecule has 0 spiro atoms. The standard InChI is InChI=1S/C11H12ClN3O2/c1-17-8-4-2-3-7-9(8)10(16)15(6-5-13)11(12)14-7/h2-4H,5-6,13H2,1H3. The van der Waals surface area contributed by atoms with Crippen molar-refractivity contribution in [3.63, 3.8) is 0 Å². The lowest BCUT2D eigenvalue weighted by Gasteiger charge is -2.09. The maximum absolute atomic E-state index is 12.2. The third-order valence-corrected chi connectivity index (χ3v) is 2.76. The summed E-state index contributed by atoms with van der Waals surface area (Å²) in [6.07, 6.45) is 0. The maximum atomic E-state index is 12.2. The van der Waals surface area contributed by atoms with Crippen molar-refractivity contribution < 1.29 is 4.74 Å². The van der Waals surface area contributed by atoms with Crippen LogP contribution in [0, 0.1) is 0 Å². The van der Waals surface area contributed by atoms with Crippen LogP contribution >= 0.6 is 11.6 Å². The predicted molar refractivity (Wildman–Crippen MR) is 66.6 cm³/mol. The molecule has 1 aromatic heterocycles. The van der Waals surface area contributed by atoms with E-state index in [1.807, 2.05) is 0 Å². The van der Waals surface area contributed by atoms with Crippen molar-refractivity contribution >= 4 is 22.5 Å². The van der Waals surface area contributed by atoms with Crippen LogP contribution in [0.3, 0.4) is 0 Å². The van der Waals surface area contributed by atoms with Crippen LogP contribution in [0.5, 0.6) is 5.75 Å². The highest BCUT2D eigenvalue weighted by Crippen LogP contribution is 2.21. The van der Waals surface area contributed by atoms with Crippen LogP contribution in [0.4, 0.5) is 0 Å². The van der Waals surface area contributed by atoms with Gasteiger partial charge in [0.25, 0.3) is 5.56 Å². The number of aromatic nitrogens is 2. The lowest BCUT2D eigenvalue weighted by Crippen LogP contribution is -2.26. The van der Waals surface area contributed by atoms with Crippen molar-refractivity contribution in [1.29, 1.82) is 0 Å². The molecule has 0 aliphatic rings. The molecule has 1 heterocycles. The Bertz CT molecular complexity index is 609. The molecule has 17 heavy (non-hydrogen) atoms. The predicted octanol–water partition coefficient (Wildman–Crippen LogP) is 1.02. The third kappa shape index (κ3) is 1.99. The molecule has 0 bridgehead atoms. The van der Waals surface area contributed by atoms with E-state index in [0.717, 1.165) is 0 Å². The number of ether oxygens (including phenoxy) is 1. The Kier molecular flexibility index (Phi) is 3.31. The molecule has 2 N–H and O–H groups in total. The van der Waals surface area contributed by atoms with Gasteiger partial charge in [0.2, 0.25) is 5.28 Å². The molecular weight excluding hydrogens is 242 g/mol. The van der Waals surface area contributed by atoms with Gasteiger partial charge in [-0.3, -0.25) is 9.36 Å². The molecule has 0 aliphatic carbocycles. The van der Waals surface area contributed by atoms with Crippen LogP contribution in [0.1, 0.15) is 0 Å². The molecule has 1 aromatic carbocycles. The number of fused-ring (bicyclic) bond motifs is 1. The second kappa shape index (κ2) is 4.73. The van der Waals surface area contributed by atoms with E-state index < -0.39 is 0 Å². The number of benzene rings is 1. The van der Waals surface area contributed by atoms with Crippen LogP contribution in [0.15, 0.2) is 23.0 Å². The van der Waals surface area contributed by atoms with E-state index in [-0.39, 0.29) is 10.8 Å². The second-order valence-corrected chi connectivity index (χ2v) is 3.82. The zero-order valence-electron chi connectivity index (χ0n) is 9.31. The van der Waals surface area contributed by atoms with Crippen molar-refractivity contribution in [3.8, 4) is 5.75 Å². The molecule has 5 nitrogen and oxygen atoms in total. The molecule has 0 amide bonds. The van der Waals surface area contributed by atoms with Crippen LogP contribution < -0.4 is 16.0 Å². The van der Waals surface area contributed by atoms with Crippen molar-refractivity contribution in [2.45, 2.75) is 6.54 Å². The van der Waals surface area contributed by atoms with Crippen molar-refractivity contribution in [3.05, 3.63) is 33.8 Å². The number of hydrogen-bond donors (Lipinski definition) is 1. The van der Waals surface area contributed by atoms with Crippen LogP contribution in [0.25, 0.3) is 10.9 Å². The lowest BCUT2D eigenvalue weighted by molar-refractivity contribution is 0.419. The average molecular weight is 254 g/mol. The normalized spacial score (nSPS) is 10.8. The molecule has 0 fully saturated rings. The van der Waals surface area contributed by atoms with E-state index >= 15 is 0 Å². The Morgan fingerprint density at radius 2 is 2.29 bits per heavy atom. The summed E-state index contributed by atoms with van der Waals surface area (Å²) in [5.74, 6) is 0.488. The molecule has 0 aliphatic heterocycles. The minimum Gasteiger partial charge on any atom is -0.496 e. The number of nitrogens with two attached hydrogens (primary N) is 1. The molecule has 0 atom stereocenters. The van der Waals surface area contributed by atoms with E-state index in [9.17, 15) is 4.79 Å². The number of methoxy groups -OCH3 is 1. The molecule has 90 valence electrons. The quantitative estimate of drug-likeness (QED) is 0.829. The van der Waals surface area contributed by atoms with Gasteiger partial charge in [-0.05, 0) is 23.7 Å². The summed E-state index contributed by atoms with van der Waals surface area (Å²) in [6, 6.07) is 5.20. The van der Waals surface area contributed by atoms with E-state index in [2.05, 4.69) is 4.98 Å². The van der Waals surface area contributed by atoms with Gasteiger partial charge in [0.15, 0.2) is 0 Å². The third-order valence-electron chi connectivity index (χ3n) is 2.47. The summed E-state index contributed by atoms with van der Waals surface area (Å²) in [5.41, 5.74) is 5.72. The highest BCUT2D eigenvalue weighted by atomic mass is 35.5. The maximum Gasteiger partial charge on any atom is 0.266 e. The van der Waals surface area contributed by atoms with Gasteiger partial charge < -0.3 is 10.5 Å². The van der Waals surface area contributed by atoms with E-state index in [0.29, 0.717) is 29.7 Å². The SMILES string of the molecule is COc1cccc2nc(Cl)n(CCN)c(=O)c12. The summed E-state index contributed by atoms with van der Waals surface area (Å²) < 4.78 is 6.49. The Morgan fingerprint density at radius 1 is 1.53 bits per heavy atom. The first-order chi connectivity index (χ1) is 8.19. The van der Waals surface area contributed by atoms with E-state index in [1.54, 1.807) is 18.2 Å². The average Bonchev–Trinajstić information content (AvgIpc) is 2.33. The molecule has 0 saturated heterocycles. The Morgan fingerprint density at radius 3 is 2.94 bits per heavy atom. The van der Waals surface area contributed by atoms with Crippen LogP contribution in [0.2, 0.25) is 5.28 Å². The Balaban J connectivity index is 2.84. The van der Waals surface area contributed by atoms with Gasteiger partial charge in [-0.2, -0.15) is 0 Å². The van der Waals surface area contributed by atoms with Crippen LogP contribution in [-0.2, 0) is 6.54 Å². The highest BCUT2D eigenvalue weighted by molar-refractivity contribution is 6.28. The zero-order valence-corrected chi connectivity index (χ0v) is 10.1. The van der Waals surface area contributed by atoms with Crippen molar-refractivity contribution in [1.82, 2.24) is 9.55 Å². The van der Waals surface area contributed by atoms with Gasteiger partial charge in [-0.1, -0.05) is 6.07 Å². The fourth-order valence-electron chi connectivity index (χ4n) is 1.70. The van der Waals surface area contributed by atoms with E-state index in [4.69, 9.17) is 22.1 Å². The fraction of sp³-hybridized carbons (Fsp3) is 0.273. The topological polar surface area (TPSA) is 70.1 Å². The molecule has 0 unspecified atom stereocenters. The highest BCUT2D eigenvalue weighted by Gasteiger charge is 2.12. The van der Waals surface area contributed by atoms with Gasteiger partial charge >= 0.3 is 0 Å². The first kappa shape index (κ1) is 11.9. The fourth-order valence-corrected chi connectivity index (χ4v) is 1.95. The first-order valence-electron chi connectivity index (χ1n) is 5.12. The van der Waals surface area contributed by atoms with Gasteiger partial charge in [-0.15, -0.1) is 0 Å².